The predicted molar refractivity (Wildman–Crippen MR) is 168 cm³/mol. The third kappa shape index (κ3) is 5.04. The van der Waals surface area contributed by atoms with Crippen LogP contribution >= 0.6 is 23.8 Å². The first-order chi connectivity index (χ1) is 19.5. The molecule has 0 amide bonds. The Morgan fingerprint density at radius 1 is 0.925 bits per heavy atom. The standard InChI is InChI=1S/C33H27ClN4OS/c1-21-31(32(23-9-5-3-6-10-23)27-19-24(34)15-18-28(27)35-21)29-20-30(22-13-16-26(39-2)17-14-22)38(37-29)33(40)36-25-11-7-4-8-12-25/h3-19,30H,20H2,1-2H3,(H,36,40)/t30-/m0/s1. The highest BCUT2D eigenvalue weighted by atomic mass is 35.5. The second-order valence-corrected chi connectivity index (χ2v) is 10.5. The molecule has 0 saturated carbocycles. The number of ether oxygens (including phenoxy) is 1. The van der Waals surface area contributed by atoms with Crippen molar-refractivity contribution in [3.8, 4) is 16.9 Å². The minimum atomic E-state index is -0.109. The van der Waals surface area contributed by atoms with Gasteiger partial charge in [0.15, 0.2) is 5.11 Å². The van der Waals surface area contributed by atoms with Crippen molar-refractivity contribution in [3.05, 3.63) is 125 Å². The van der Waals surface area contributed by atoms with Crippen LogP contribution in [-0.4, -0.2) is 27.9 Å². The topological polar surface area (TPSA) is 49.8 Å². The van der Waals surface area contributed by atoms with E-state index in [9.17, 15) is 0 Å². The number of halogens is 1. The largest absolute Gasteiger partial charge is 0.497 e. The highest BCUT2D eigenvalue weighted by Crippen LogP contribution is 2.40. The first kappa shape index (κ1) is 26.0. The van der Waals surface area contributed by atoms with Crippen molar-refractivity contribution >= 4 is 51.2 Å². The van der Waals surface area contributed by atoms with Gasteiger partial charge in [-0.2, -0.15) is 5.10 Å². The van der Waals surface area contributed by atoms with Crippen LogP contribution < -0.4 is 10.1 Å². The maximum absolute atomic E-state index is 6.50. The molecule has 4 aromatic carbocycles. The minimum absolute atomic E-state index is 0.109. The lowest BCUT2D eigenvalue weighted by molar-refractivity contribution is 0.374. The molecule has 0 unspecified atom stereocenters. The van der Waals surface area contributed by atoms with Crippen LogP contribution in [0.5, 0.6) is 5.75 Å². The number of aryl methyl sites for hydroxylation is 1. The number of rotatable bonds is 5. The number of fused-ring (bicyclic) bond motifs is 1. The molecule has 0 aliphatic carbocycles. The van der Waals surface area contributed by atoms with Gasteiger partial charge in [0.1, 0.15) is 5.75 Å². The summed E-state index contributed by atoms with van der Waals surface area (Å²) in [5.74, 6) is 0.803. The number of para-hydroxylation sites is 1. The maximum atomic E-state index is 6.50. The first-order valence-corrected chi connectivity index (χ1v) is 13.8. The first-order valence-electron chi connectivity index (χ1n) is 13.0. The van der Waals surface area contributed by atoms with Crippen LogP contribution in [0.2, 0.25) is 5.02 Å². The quantitative estimate of drug-likeness (QED) is 0.218. The van der Waals surface area contributed by atoms with Crippen LogP contribution in [0.15, 0.2) is 108 Å². The van der Waals surface area contributed by atoms with Crippen LogP contribution in [0.25, 0.3) is 22.0 Å². The summed E-state index contributed by atoms with van der Waals surface area (Å²) in [6.07, 6.45) is 0.650. The van der Waals surface area contributed by atoms with Gasteiger partial charge in [-0.15, -0.1) is 0 Å². The monoisotopic (exact) mass is 562 g/mol. The van der Waals surface area contributed by atoms with E-state index in [1.54, 1.807) is 7.11 Å². The third-order valence-corrected chi connectivity index (χ3v) is 7.65. The van der Waals surface area contributed by atoms with Crippen LogP contribution in [0.3, 0.4) is 0 Å². The van der Waals surface area contributed by atoms with Gasteiger partial charge in [0.2, 0.25) is 0 Å². The minimum Gasteiger partial charge on any atom is -0.497 e. The molecule has 6 rings (SSSR count). The Morgan fingerprint density at radius 3 is 2.33 bits per heavy atom. The Bertz CT molecular complexity index is 1720. The van der Waals surface area contributed by atoms with Crippen LogP contribution in [0, 0.1) is 6.92 Å². The number of nitrogens with zero attached hydrogens (tertiary/aromatic N) is 3. The zero-order valence-corrected chi connectivity index (χ0v) is 23.7. The molecule has 198 valence electrons. The molecule has 2 heterocycles. The van der Waals surface area contributed by atoms with Gasteiger partial charge in [-0.1, -0.05) is 72.3 Å². The van der Waals surface area contributed by atoms with E-state index in [0.29, 0.717) is 16.6 Å². The number of anilines is 1. The molecule has 0 fully saturated rings. The number of aromatic nitrogens is 1. The normalized spacial score (nSPS) is 14.7. The second-order valence-electron chi connectivity index (χ2n) is 9.66. The van der Waals surface area contributed by atoms with Crippen molar-refractivity contribution in [2.45, 2.75) is 19.4 Å². The van der Waals surface area contributed by atoms with Gasteiger partial charge >= 0.3 is 0 Å². The fourth-order valence-electron chi connectivity index (χ4n) is 5.25. The molecule has 5 nitrogen and oxygen atoms in total. The summed E-state index contributed by atoms with van der Waals surface area (Å²) in [4.78, 5) is 4.98. The molecule has 1 aliphatic heterocycles. The molecular weight excluding hydrogens is 536 g/mol. The van der Waals surface area contributed by atoms with Crippen molar-refractivity contribution < 1.29 is 4.74 Å². The average molecular weight is 563 g/mol. The second kappa shape index (κ2) is 11.1. The van der Waals surface area contributed by atoms with Gasteiger partial charge < -0.3 is 10.1 Å². The lowest BCUT2D eigenvalue weighted by Crippen LogP contribution is -2.31. The summed E-state index contributed by atoms with van der Waals surface area (Å²) in [7, 11) is 1.67. The van der Waals surface area contributed by atoms with E-state index in [1.807, 2.05) is 90.8 Å². The number of pyridine rings is 1. The molecule has 0 bridgehead atoms. The van der Waals surface area contributed by atoms with E-state index >= 15 is 0 Å². The van der Waals surface area contributed by atoms with Crippen molar-refractivity contribution in [3.63, 3.8) is 0 Å². The lowest BCUT2D eigenvalue weighted by atomic mass is 9.89. The fraction of sp³-hybridized carbons (Fsp3) is 0.121. The summed E-state index contributed by atoms with van der Waals surface area (Å²) in [5.41, 5.74) is 7.88. The van der Waals surface area contributed by atoms with Gasteiger partial charge in [0.05, 0.1) is 24.4 Å². The SMILES string of the molecule is COc1ccc([C@@H]2CC(c3c(C)nc4ccc(Cl)cc4c3-c3ccccc3)=NN2C(=S)Nc2ccccc2)cc1. The summed E-state index contributed by atoms with van der Waals surface area (Å²) in [6.45, 7) is 2.05. The average Bonchev–Trinajstić information content (AvgIpc) is 3.43. The van der Waals surface area contributed by atoms with Crippen molar-refractivity contribution in [1.29, 1.82) is 0 Å². The number of hydrogen-bond donors (Lipinski definition) is 1. The molecular formula is C33H27ClN4OS. The molecule has 1 aromatic heterocycles. The van der Waals surface area contributed by atoms with E-state index in [4.69, 9.17) is 38.6 Å². The number of hydrogen-bond acceptors (Lipinski definition) is 4. The summed E-state index contributed by atoms with van der Waals surface area (Å²) < 4.78 is 5.41. The van der Waals surface area contributed by atoms with Crippen molar-refractivity contribution in [1.82, 2.24) is 9.99 Å². The van der Waals surface area contributed by atoms with Gasteiger partial charge in [0.25, 0.3) is 0 Å². The smallest absolute Gasteiger partial charge is 0.194 e. The van der Waals surface area contributed by atoms with E-state index in [0.717, 1.165) is 56.0 Å². The summed E-state index contributed by atoms with van der Waals surface area (Å²) >= 11 is 12.4. The lowest BCUT2D eigenvalue weighted by Gasteiger charge is -2.25. The van der Waals surface area contributed by atoms with Gasteiger partial charge in [-0.25, -0.2) is 5.01 Å². The van der Waals surface area contributed by atoms with Gasteiger partial charge in [-0.3, -0.25) is 4.98 Å². The van der Waals surface area contributed by atoms with E-state index in [2.05, 4.69) is 29.6 Å². The molecule has 0 saturated heterocycles. The molecule has 7 heteroatoms. The van der Waals surface area contributed by atoms with Gasteiger partial charge in [0, 0.05) is 39.3 Å². The molecule has 1 atom stereocenters. The molecule has 5 aromatic rings. The highest BCUT2D eigenvalue weighted by molar-refractivity contribution is 7.80. The molecule has 40 heavy (non-hydrogen) atoms. The van der Waals surface area contributed by atoms with Crippen molar-refractivity contribution in [2.24, 2.45) is 5.10 Å². The Labute approximate surface area is 244 Å². The van der Waals surface area contributed by atoms with Gasteiger partial charge in [-0.05, 0) is 72.7 Å². The third-order valence-electron chi connectivity index (χ3n) is 7.12. The highest BCUT2D eigenvalue weighted by Gasteiger charge is 2.34. The fourth-order valence-corrected chi connectivity index (χ4v) is 5.71. The number of thiocarbonyl (C=S) groups is 1. The molecule has 1 N–H and O–H groups in total. The Hall–Kier alpha value is -4.26. The predicted octanol–water partition coefficient (Wildman–Crippen LogP) is 8.42. The molecule has 0 spiro atoms. The summed E-state index contributed by atoms with van der Waals surface area (Å²) in [6, 6.07) is 34.1. The van der Waals surface area contributed by atoms with E-state index in [-0.39, 0.29) is 6.04 Å². The summed E-state index contributed by atoms with van der Waals surface area (Å²) in [5, 5.41) is 12.6. The zero-order chi connectivity index (χ0) is 27.6. The Balaban J connectivity index is 1.51. The van der Waals surface area contributed by atoms with Crippen molar-refractivity contribution in [2.75, 3.05) is 12.4 Å². The number of nitrogens with one attached hydrogen (secondary N) is 1. The van der Waals surface area contributed by atoms with E-state index in [1.165, 1.54) is 0 Å². The van der Waals surface area contributed by atoms with E-state index < -0.39 is 0 Å². The van der Waals surface area contributed by atoms with Crippen LogP contribution in [0.4, 0.5) is 5.69 Å². The number of hydrazone groups is 1. The Kier molecular flexibility index (Phi) is 7.20. The number of benzene rings is 4. The molecule has 0 radical (unpaired) electrons. The maximum Gasteiger partial charge on any atom is 0.194 e. The van der Waals surface area contributed by atoms with Crippen LogP contribution in [-0.2, 0) is 0 Å². The van der Waals surface area contributed by atoms with Crippen LogP contribution in [0.1, 0.15) is 29.3 Å². The Morgan fingerprint density at radius 2 is 1.62 bits per heavy atom. The number of methoxy groups -OCH3 is 1. The zero-order valence-electron chi connectivity index (χ0n) is 22.1. The molecule has 1 aliphatic rings.